The molecule has 6 aromatic rings. The number of methoxy groups -OCH3 is 1. The van der Waals surface area contributed by atoms with Crippen molar-refractivity contribution in [3.63, 3.8) is 0 Å². The fourth-order valence-electron chi connectivity index (χ4n) is 5.21. The Bertz CT molecular complexity index is 2190. The first-order valence-electron chi connectivity index (χ1n) is 14.2. The average Bonchev–Trinajstić information content (AvgIpc) is 3.73. The Kier molecular flexibility index (Phi) is 8.43. The van der Waals surface area contributed by atoms with Gasteiger partial charge in [0.05, 0.1) is 41.2 Å². The predicted octanol–water partition coefficient (Wildman–Crippen LogP) is 5.93. The molecule has 6 rings (SSSR count). The number of carbonyl (C=O) groups excluding carboxylic acids is 1. The van der Waals surface area contributed by atoms with Crippen molar-refractivity contribution >= 4 is 38.1 Å². The summed E-state index contributed by atoms with van der Waals surface area (Å²) in [4.78, 5) is 30.0. The van der Waals surface area contributed by atoms with Crippen LogP contribution in [-0.2, 0) is 16.6 Å². The van der Waals surface area contributed by atoms with Gasteiger partial charge in [0.15, 0.2) is 0 Å². The fraction of sp³-hybridized carbons (Fsp3) is 0.182. The van der Waals surface area contributed by atoms with Gasteiger partial charge in [-0.2, -0.15) is 10.2 Å². The summed E-state index contributed by atoms with van der Waals surface area (Å²) >= 11 is 1.35. The first-order valence-corrected chi connectivity index (χ1v) is 15.1. The van der Waals surface area contributed by atoms with E-state index >= 15 is 4.39 Å². The molecular formula is C33H28F2N6O4S. The third-order valence-corrected chi connectivity index (χ3v) is 8.43. The molecule has 1 unspecified atom stereocenters. The Morgan fingerprint density at radius 1 is 1.13 bits per heavy atom. The van der Waals surface area contributed by atoms with Crippen molar-refractivity contribution in [1.29, 1.82) is 0 Å². The Hall–Kier alpha value is -5.27. The Balaban J connectivity index is 1.64. The van der Waals surface area contributed by atoms with Crippen LogP contribution in [0, 0.1) is 11.6 Å². The number of thiophene rings is 1. The second-order valence-electron chi connectivity index (χ2n) is 10.5. The smallest absolute Gasteiger partial charge is 0.274 e. The summed E-state index contributed by atoms with van der Waals surface area (Å²) in [6.07, 6.45) is 2.78. The molecule has 13 heteroatoms. The first-order chi connectivity index (χ1) is 22.2. The van der Waals surface area contributed by atoms with Gasteiger partial charge >= 0.3 is 0 Å². The van der Waals surface area contributed by atoms with E-state index in [2.05, 4.69) is 27.2 Å². The van der Waals surface area contributed by atoms with Crippen LogP contribution in [-0.4, -0.2) is 51.2 Å². The minimum atomic E-state index is -0.845. The normalized spacial score (nSPS) is 12.0. The molecule has 0 fully saturated rings. The van der Waals surface area contributed by atoms with Crippen molar-refractivity contribution in [3.05, 3.63) is 94.4 Å². The van der Waals surface area contributed by atoms with E-state index < -0.39 is 17.7 Å². The number of hydrogen-bond donors (Lipinski definition) is 2. The highest BCUT2D eigenvalue weighted by molar-refractivity contribution is 7.18. The van der Waals surface area contributed by atoms with Gasteiger partial charge in [0.2, 0.25) is 5.91 Å². The van der Waals surface area contributed by atoms with Crippen LogP contribution in [0.25, 0.3) is 54.6 Å². The summed E-state index contributed by atoms with van der Waals surface area (Å²) in [6, 6.07) is 10.4. The molecular weight excluding hydrogens is 614 g/mol. The van der Waals surface area contributed by atoms with Gasteiger partial charge in [0.1, 0.15) is 35.4 Å². The van der Waals surface area contributed by atoms with E-state index in [9.17, 15) is 14.0 Å². The second kappa shape index (κ2) is 12.6. The zero-order valence-electron chi connectivity index (χ0n) is 25.1. The van der Waals surface area contributed by atoms with Gasteiger partial charge in [0.25, 0.3) is 5.56 Å². The second-order valence-corrected chi connectivity index (χ2v) is 11.4. The van der Waals surface area contributed by atoms with E-state index in [1.54, 1.807) is 38.4 Å². The zero-order valence-corrected chi connectivity index (χ0v) is 25.9. The molecule has 0 aliphatic heterocycles. The number of aryl methyl sites for hydroxylation is 1. The predicted molar refractivity (Wildman–Crippen MR) is 173 cm³/mol. The standard InChI is InChI=1S/C33H28F2N6O4S/c1-5-27(42)37-17(2)24-15-25(40-39-24)31-29(28-23(35)13-20(34)14-26(28)45-10-9-44-4)32-21(8-11-46-32)30(38-31)18-6-7-19-16-36-41(3)33(43)22(19)12-18/h5-8,11-17H,1,9-10H2,2-4H3,(H,37,42)(H,39,40). The Labute approximate surface area is 265 Å². The number of aromatic amines is 1. The summed E-state index contributed by atoms with van der Waals surface area (Å²) in [5, 5.41) is 18.0. The minimum Gasteiger partial charge on any atom is -0.490 e. The Morgan fingerprint density at radius 3 is 2.74 bits per heavy atom. The quantitative estimate of drug-likeness (QED) is 0.140. The van der Waals surface area contributed by atoms with Crippen LogP contribution in [0.3, 0.4) is 0 Å². The summed E-state index contributed by atoms with van der Waals surface area (Å²) in [5.41, 5.74) is 2.44. The molecule has 234 valence electrons. The SMILES string of the molecule is C=CC(=O)NC(C)c1cc(-c2nc(-c3ccc4cnn(C)c(=O)c4c3)c3ccsc3c2-c2c(F)cc(F)cc2OCCOC)n[nH]1. The largest absolute Gasteiger partial charge is 0.490 e. The summed E-state index contributed by atoms with van der Waals surface area (Å²) in [5.74, 6) is -2.04. The van der Waals surface area contributed by atoms with Crippen LogP contribution in [0.15, 0.2) is 71.5 Å². The topological polar surface area (TPSA) is 124 Å². The van der Waals surface area contributed by atoms with Crippen molar-refractivity contribution in [2.75, 3.05) is 20.3 Å². The molecule has 10 nitrogen and oxygen atoms in total. The van der Waals surface area contributed by atoms with Crippen molar-refractivity contribution < 1.29 is 23.0 Å². The number of halogens is 2. The number of nitrogens with zero attached hydrogens (tertiary/aromatic N) is 4. The Morgan fingerprint density at radius 2 is 1.96 bits per heavy atom. The number of hydrogen-bond acceptors (Lipinski definition) is 8. The van der Waals surface area contributed by atoms with E-state index in [0.717, 1.165) is 12.1 Å². The molecule has 2 aromatic carbocycles. The number of fused-ring (bicyclic) bond motifs is 2. The monoisotopic (exact) mass is 642 g/mol. The fourth-order valence-corrected chi connectivity index (χ4v) is 6.16. The number of nitrogens with one attached hydrogen (secondary N) is 2. The highest BCUT2D eigenvalue weighted by atomic mass is 32.1. The number of rotatable bonds is 10. The van der Waals surface area contributed by atoms with Gasteiger partial charge in [0, 0.05) is 52.9 Å². The van der Waals surface area contributed by atoms with Crippen molar-refractivity contribution in [2.45, 2.75) is 13.0 Å². The maximum Gasteiger partial charge on any atom is 0.274 e. The lowest BCUT2D eigenvalue weighted by Gasteiger charge is -2.17. The van der Waals surface area contributed by atoms with Gasteiger partial charge in [-0.1, -0.05) is 18.7 Å². The van der Waals surface area contributed by atoms with E-state index in [-0.39, 0.29) is 41.7 Å². The molecule has 0 aliphatic rings. The zero-order chi connectivity index (χ0) is 32.5. The third kappa shape index (κ3) is 5.66. The number of benzene rings is 2. The molecule has 4 aromatic heterocycles. The van der Waals surface area contributed by atoms with Crippen molar-refractivity contribution in [1.82, 2.24) is 30.3 Å². The van der Waals surface area contributed by atoms with Crippen LogP contribution >= 0.6 is 11.3 Å². The van der Waals surface area contributed by atoms with Gasteiger partial charge in [-0.25, -0.2) is 18.4 Å². The number of amides is 1. The summed E-state index contributed by atoms with van der Waals surface area (Å²) in [6.45, 7) is 5.51. The van der Waals surface area contributed by atoms with Crippen molar-refractivity contribution in [3.8, 4) is 39.5 Å². The van der Waals surface area contributed by atoms with Crippen LogP contribution < -0.4 is 15.6 Å². The lowest BCUT2D eigenvalue weighted by Crippen LogP contribution is -2.24. The maximum atomic E-state index is 15.9. The molecule has 1 atom stereocenters. The molecule has 0 saturated heterocycles. The van der Waals surface area contributed by atoms with Crippen LogP contribution in [0.5, 0.6) is 5.75 Å². The van der Waals surface area contributed by atoms with Gasteiger partial charge < -0.3 is 14.8 Å². The minimum absolute atomic E-state index is 0.00927. The van der Waals surface area contributed by atoms with E-state index in [1.807, 2.05) is 17.5 Å². The molecule has 2 N–H and O–H groups in total. The molecule has 4 heterocycles. The summed E-state index contributed by atoms with van der Waals surface area (Å²) in [7, 11) is 3.08. The number of ether oxygens (including phenoxy) is 2. The van der Waals surface area contributed by atoms with Crippen LogP contribution in [0.2, 0.25) is 0 Å². The molecule has 0 radical (unpaired) electrons. The number of aromatic nitrogens is 5. The summed E-state index contributed by atoms with van der Waals surface area (Å²) < 4.78 is 43.3. The lowest BCUT2D eigenvalue weighted by atomic mass is 9.96. The van der Waals surface area contributed by atoms with Crippen LogP contribution in [0.4, 0.5) is 8.78 Å². The van der Waals surface area contributed by atoms with Crippen molar-refractivity contribution in [2.24, 2.45) is 7.05 Å². The molecule has 46 heavy (non-hydrogen) atoms. The van der Waals surface area contributed by atoms with Gasteiger partial charge in [-0.15, -0.1) is 11.3 Å². The third-order valence-electron chi connectivity index (χ3n) is 7.49. The number of carbonyl (C=O) groups is 1. The highest BCUT2D eigenvalue weighted by Gasteiger charge is 2.27. The molecule has 0 saturated carbocycles. The first kappa shape index (κ1) is 30.7. The van der Waals surface area contributed by atoms with Gasteiger partial charge in [-0.3, -0.25) is 14.7 Å². The maximum absolute atomic E-state index is 15.9. The van der Waals surface area contributed by atoms with E-state index in [0.29, 0.717) is 49.1 Å². The van der Waals surface area contributed by atoms with E-state index in [1.165, 1.54) is 29.2 Å². The molecule has 0 bridgehead atoms. The number of H-pyrrole nitrogens is 1. The highest BCUT2D eigenvalue weighted by Crippen LogP contribution is 2.47. The number of pyridine rings is 1. The lowest BCUT2D eigenvalue weighted by molar-refractivity contribution is -0.117. The average molecular weight is 643 g/mol. The van der Waals surface area contributed by atoms with Crippen LogP contribution in [0.1, 0.15) is 18.7 Å². The molecule has 0 aliphatic carbocycles. The van der Waals surface area contributed by atoms with E-state index in [4.69, 9.17) is 14.5 Å². The molecule has 0 spiro atoms. The van der Waals surface area contributed by atoms with Gasteiger partial charge in [-0.05, 0) is 36.6 Å². The molecule has 1 amide bonds.